The highest BCUT2D eigenvalue weighted by atomic mass is 28.4. The summed E-state index contributed by atoms with van der Waals surface area (Å²) in [6.07, 6.45) is 4.86. The van der Waals surface area contributed by atoms with Crippen LogP contribution in [0.4, 0.5) is 0 Å². The zero-order valence-electron chi connectivity index (χ0n) is 13.9. The van der Waals surface area contributed by atoms with Crippen LogP contribution in [0.15, 0.2) is 17.3 Å². The SMILES string of the molecule is CCO[Si](CC=CN=C(C)CC(C)C)(OCC)OCC. The van der Waals surface area contributed by atoms with Crippen molar-refractivity contribution in [3.8, 4) is 0 Å². The summed E-state index contributed by atoms with van der Waals surface area (Å²) >= 11 is 0. The first-order valence-corrected chi connectivity index (χ1v) is 9.53. The van der Waals surface area contributed by atoms with E-state index in [-0.39, 0.29) is 0 Å². The second-order valence-corrected chi connectivity index (χ2v) is 7.67. The van der Waals surface area contributed by atoms with Gasteiger partial charge in [-0.15, -0.1) is 0 Å². The van der Waals surface area contributed by atoms with Crippen LogP contribution in [0.25, 0.3) is 0 Å². The predicted molar refractivity (Wildman–Crippen MR) is 87.1 cm³/mol. The predicted octanol–water partition coefficient (Wildman–Crippen LogP) is 4.06. The molecule has 0 heterocycles. The molecule has 0 aromatic carbocycles. The molecule has 118 valence electrons. The highest BCUT2D eigenvalue weighted by Crippen LogP contribution is 2.16. The van der Waals surface area contributed by atoms with Crippen LogP contribution < -0.4 is 0 Å². The van der Waals surface area contributed by atoms with Crippen LogP contribution in [0.2, 0.25) is 6.04 Å². The molecular weight excluding hydrogens is 270 g/mol. The smallest absolute Gasteiger partial charge is 0.374 e. The van der Waals surface area contributed by atoms with Crippen molar-refractivity contribution in [2.45, 2.75) is 54.0 Å². The maximum atomic E-state index is 5.78. The normalized spacial score (nSPS) is 13.7. The third-order valence-corrected chi connectivity index (χ3v) is 5.49. The average molecular weight is 302 g/mol. The summed E-state index contributed by atoms with van der Waals surface area (Å²) in [5, 5.41) is 0. The molecule has 20 heavy (non-hydrogen) atoms. The van der Waals surface area contributed by atoms with Crippen molar-refractivity contribution in [1.29, 1.82) is 0 Å². The summed E-state index contributed by atoms with van der Waals surface area (Å²) in [5.41, 5.74) is 1.15. The monoisotopic (exact) mass is 301 g/mol. The van der Waals surface area contributed by atoms with Gasteiger partial charge in [0.2, 0.25) is 0 Å². The van der Waals surface area contributed by atoms with E-state index in [1.54, 1.807) is 0 Å². The molecule has 0 aromatic rings. The van der Waals surface area contributed by atoms with Crippen molar-refractivity contribution in [2.24, 2.45) is 10.9 Å². The zero-order valence-corrected chi connectivity index (χ0v) is 14.9. The Morgan fingerprint density at radius 1 is 1.05 bits per heavy atom. The van der Waals surface area contributed by atoms with Gasteiger partial charge in [0.15, 0.2) is 0 Å². The van der Waals surface area contributed by atoms with Gasteiger partial charge in [0.05, 0.1) is 0 Å². The van der Waals surface area contributed by atoms with Crippen molar-refractivity contribution >= 4 is 14.5 Å². The minimum atomic E-state index is -2.56. The Kier molecular flexibility index (Phi) is 10.9. The third-order valence-electron chi connectivity index (χ3n) is 2.56. The second kappa shape index (κ2) is 11.2. The molecule has 0 spiro atoms. The first-order chi connectivity index (χ1) is 9.49. The van der Waals surface area contributed by atoms with Gasteiger partial charge in [-0.25, -0.2) is 0 Å². The first kappa shape index (κ1) is 19.5. The van der Waals surface area contributed by atoms with E-state index in [0.717, 1.165) is 12.1 Å². The van der Waals surface area contributed by atoms with E-state index in [2.05, 4.69) is 25.8 Å². The van der Waals surface area contributed by atoms with Crippen LogP contribution >= 0.6 is 0 Å². The van der Waals surface area contributed by atoms with Gasteiger partial charge in [0.25, 0.3) is 0 Å². The highest BCUT2D eigenvalue weighted by molar-refractivity contribution is 6.61. The summed E-state index contributed by atoms with van der Waals surface area (Å²) in [7, 11) is -2.56. The average Bonchev–Trinajstić information content (AvgIpc) is 2.35. The van der Waals surface area contributed by atoms with Gasteiger partial charge in [-0.1, -0.05) is 19.9 Å². The van der Waals surface area contributed by atoms with Crippen LogP contribution in [0.5, 0.6) is 0 Å². The Labute approximate surface area is 125 Å². The van der Waals surface area contributed by atoms with Gasteiger partial charge in [0, 0.05) is 37.8 Å². The van der Waals surface area contributed by atoms with E-state index in [9.17, 15) is 0 Å². The molecule has 0 saturated heterocycles. The topological polar surface area (TPSA) is 40.0 Å². The zero-order chi connectivity index (χ0) is 15.4. The summed E-state index contributed by atoms with van der Waals surface area (Å²) in [4.78, 5) is 4.44. The minimum absolute atomic E-state index is 0.607. The molecule has 0 radical (unpaired) electrons. The van der Waals surface area contributed by atoms with Gasteiger partial charge in [-0.05, 0) is 40.0 Å². The molecule has 0 bridgehead atoms. The van der Waals surface area contributed by atoms with Gasteiger partial charge in [-0.2, -0.15) is 0 Å². The first-order valence-electron chi connectivity index (χ1n) is 7.59. The van der Waals surface area contributed by atoms with E-state index in [0.29, 0.717) is 31.8 Å². The number of hydrogen-bond acceptors (Lipinski definition) is 4. The van der Waals surface area contributed by atoms with Gasteiger partial charge in [-0.3, -0.25) is 4.99 Å². The molecule has 0 aliphatic heterocycles. The fourth-order valence-corrected chi connectivity index (χ4v) is 4.30. The molecule has 0 aromatic heterocycles. The largest absolute Gasteiger partial charge is 0.504 e. The lowest BCUT2D eigenvalue weighted by Gasteiger charge is -2.27. The Morgan fingerprint density at radius 2 is 1.55 bits per heavy atom. The Morgan fingerprint density at radius 3 is 1.95 bits per heavy atom. The quantitative estimate of drug-likeness (QED) is 0.427. The van der Waals surface area contributed by atoms with E-state index in [1.807, 2.05) is 33.0 Å². The fraction of sp³-hybridized carbons (Fsp3) is 0.800. The molecule has 0 unspecified atom stereocenters. The van der Waals surface area contributed by atoms with E-state index >= 15 is 0 Å². The number of allylic oxidation sites excluding steroid dienone is 1. The molecular formula is C15H31NO3Si. The van der Waals surface area contributed by atoms with Crippen molar-refractivity contribution in [3.63, 3.8) is 0 Å². The molecule has 0 N–H and O–H groups in total. The fourth-order valence-electron chi connectivity index (χ4n) is 1.98. The lowest BCUT2D eigenvalue weighted by molar-refractivity contribution is 0.0742. The number of rotatable bonds is 11. The van der Waals surface area contributed by atoms with Crippen LogP contribution in [-0.4, -0.2) is 34.3 Å². The van der Waals surface area contributed by atoms with Crippen molar-refractivity contribution in [3.05, 3.63) is 12.3 Å². The van der Waals surface area contributed by atoms with E-state index in [4.69, 9.17) is 13.3 Å². The Bertz CT molecular complexity index is 286. The Balaban J connectivity index is 4.57. The van der Waals surface area contributed by atoms with Crippen molar-refractivity contribution in [2.75, 3.05) is 19.8 Å². The molecule has 0 saturated carbocycles. The van der Waals surface area contributed by atoms with Gasteiger partial charge in [0.1, 0.15) is 0 Å². The minimum Gasteiger partial charge on any atom is -0.374 e. The van der Waals surface area contributed by atoms with Gasteiger partial charge < -0.3 is 13.3 Å². The van der Waals surface area contributed by atoms with Gasteiger partial charge >= 0.3 is 8.80 Å². The number of aliphatic imine (C=N–C) groups is 1. The molecule has 0 fully saturated rings. The van der Waals surface area contributed by atoms with Crippen molar-refractivity contribution in [1.82, 2.24) is 0 Å². The maximum Gasteiger partial charge on any atom is 0.504 e. The lowest BCUT2D eigenvalue weighted by atomic mass is 10.1. The molecule has 5 heteroatoms. The lowest BCUT2D eigenvalue weighted by Crippen LogP contribution is -2.45. The third kappa shape index (κ3) is 8.63. The van der Waals surface area contributed by atoms with Crippen LogP contribution in [0.1, 0.15) is 48.0 Å². The summed E-state index contributed by atoms with van der Waals surface area (Å²) in [6, 6.07) is 0.668. The van der Waals surface area contributed by atoms with E-state index in [1.165, 1.54) is 0 Å². The summed E-state index contributed by atoms with van der Waals surface area (Å²) in [5.74, 6) is 0.635. The highest BCUT2D eigenvalue weighted by Gasteiger charge is 2.38. The number of hydrogen-bond donors (Lipinski definition) is 0. The van der Waals surface area contributed by atoms with Crippen LogP contribution in [0, 0.1) is 5.92 Å². The van der Waals surface area contributed by atoms with Crippen LogP contribution in [-0.2, 0) is 13.3 Å². The van der Waals surface area contributed by atoms with E-state index < -0.39 is 8.80 Å². The summed E-state index contributed by atoms with van der Waals surface area (Å²) < 4.78 is 17.3. The maximum absolute atomic E-state index is 5.78. The number of nitrogens with zero attached hydrogens (tertiary/aromatic N) is 1. The summed E-state index contributed by atoms with van der Waals surface area (Å²) in [6.45, 7) is 14.2. The molecule has 0 aliphatic rings. The second-order valence-electron chi connectivity index (χ2n) is 5.03. The molecule has 0 aliphatic carbocycles. The molecule has 4 nitrogen and oxygen atoms in total. The van der Waals surface area contributed by atoms with Crippen molar-refractivity contribution < 1.29 is 13.3 Å². The Hall–Kier alpha value is -0.493. The molecule has 0 atom stereocenters. The molecule has 0 amide bonds. The molecule has 0 rings (SSSR count). The standard InChI is InChI=1S/C15H31NO3Si/c1-7-17-20(18-8-2,19-9-3)12-10-11-16-15(6)13-14(4)5/h10-11,14H,7-9,12-13H2,1-6H3. The van der Waals surface area contributed by atoms with Crippen LogP contribution in [0.3, 0.4) is 0 Å².